The lowest BCUT2D eigenvalue weighted by Crippen LogP contribution is -2.47. The molecule has 3 unspecified atom stereocenters. The molecule has 160 valence electrons. The van der Waals surface area contributed by atoms with Crippen molar-refractivity contribution in [1.82, 2.24) is 9.88 Å². The number of sulfonamides is 1. The summed E-state index contributed by atoms with van der Waals surface area (Å²) in [5, 5.41) is 13.7. The Kier molecular flexibility index (Phi) is 7.28. The van der Waals surface area contributed by atoms with Gasteiger partial charge in [0.15, 0.2) is 5.76 Å². The van der Waals surface area contributed by atoms with E-state index in [1.807, 2.05) is 36.4 Å². The lowest BCUT2D eigenvalue weighted by Gasteiger charge is -2.34. The minimum Gasteiger partial charge on any atom is -0.486 e. The molecule has 8 nitrogen and oxygen atoms in total. The van der Waals surface area contributed by atoms with Crippen molar-refractivity contribution in [2.24, 2.45) is 0 Å². The lowest BCUT2D eigenvalue weighted by atomic mass is 9.98. The number of para-hydroxylation sites is 1. The monoisotopic (exact) mass is 424 g/mol. The molecule has 2 N–H and O–H groups in total. The van der Waals surface area contributed by atoms with Crippen LogP contribution in [0.15, 0.2) is 40.9 Å². The first kappa shape index (κ1) is 21.8. The van der Waals surface area contributed by atoms with Crippen LogP contribution < -0.4 is 9.46 Å². The van der Waals surface area contributed by atoms with Crippen molar-refractivity contribution >= 4 is 10.0 Å². The summed E-state index contributed by atoms with van der Waals surface area (Å²) >= 11 is 0. The molecule has 1 aromatic heterocycles. The van der Waals surface area contributed by atoms with E-state index in [0.29, 0.717) is 25.0 Å². The van der Waals surface area contributed by atoms with Crippen LogP contribution in [0.25, 0.3) is 0 Å². The van der Waals surface area contributed by atoms with E-state index in [2.05, 4.69) is 9.88 Å². The van der Waals surface area contributed by atoms with Crippen molar-refractivity contribution in [2.45, 2.75) is 63.3 Å². The van der Waals surface area contributed by atoms with Crippen molar-refractivity contribution in [2.75, 3.05) is 6.54 Å². The minimum atomic E-state index is -3.41. The highest BCUT2D eigenvalue weighted by Gasteiger charge is 2.31. The van der Waals surface area contributed by atoms with Crippen LogP contribution in [-0.2, 0) is 27.8 Å². The highest BCUT2D eigenvalue weighted by Crippen LogP contribution is 2.23. The van der Waals surface area contributed by atoms with Gasteiger partial charge in [0.1, 0.15) is 12.4 Å². The number of nitrogens with zero attached hydrogens (tertiary/aromatic N) is 1. The van der Waals surface area contributed by atoms with E-state index >= 15 is 0 Å². The summed E-state index contributed by atoms with van der Waals surface area (Å²) in [7, 11) is -3.41. The number of aliphatic hydroxyl groups is 1. The largest absolute Gasteiger partial charge is 0.486 e. The summed E-state index contributed by atoms with van der Waals surface area (Å²) in [5.41, 5.74) is 0.736. The molecule has 0 aliphatic carbocycles. The number of ether oxygens (including phenoxy) is 2. The van der Waals surface area contributed by atoms with E-state index in [9.17, 15) is 13.5 Å². The van der Waals surface area contributed by atoms with Gasteiger partial charge in [0.05, 0.1) is 29.3 Å². The number of aliphatic hydroxyl groups excluding tert-OH is 1. The van der Waals surface area contributed by atoms with Crippen LogP contribution in [0.3, 0.4) is 0 Å². The van der Waals surface area contributed by atoms with E-state index in [0.717, 1.165) is 11.4 Å². The van der Waals surface area contributed by atoms with Gasteiger partial charge >= 0.3 is 0 Å². The molecule has 0 saturated carbocycles. The minimum absolute atomic E-state index is 0.0488. The molecule has 1 aromatic carbocycles. The summed E-state index contributed by atoms with van der Waals surface area (Å²) in [6, 6.07) is 11.3. The van der Waals surface area contributed by atoms with Crippen LogP contribution in [-0.4, -0.2) is 48.8 Å². The van der Waals surface area contributed by atoms with Crippen LogP contribution in [0.5, 0.6) is 5.75 Å². The van der Waals surface area contributed by atoms with Gasteiger partial charge in [-0.15, -0.1) is 0 Å². The smallest absolute Gasteiger partial charge is 0.214 e. The molecule has 0 radical (unpaired) electrons. The molecule has 1 saturated heterocycles. The summed E-state index contributed by atoms with van der Waals surface area (Å²) in [5.74, 6) is 1.36. The zero-order chi connectivity index (χ0) is 20.9. The SMILES string of the molecule is CC(C)S(=O)(=O)NCC1OC(Cc2cc(COc3ccccc3)on2)CCC1O. The van der Waals surface area contributed by atoms with Gasteiger partial charge in [-0.3, -0.25) is 0 Å². The maximum Gasteiger partial charge on any atom is 0.214 e. The predicted molar refractivity (Wildman–Crippen MR) is 107 cm³/mol. The van der Waals surface area contributed by atoms with Gasteiger partial charge < -0.3 is 19.1 Å². The summed E-state index contributed by atoms with van der Waals surface area (Å²) in [4.78, 5) is 0. The van der Waals surface area contributed by atoms with Crippen molar-refractivity contribution in [3.8, 4) is 5.75 Å². The van der Waals surface area contributed by atoms with Crippen LogP contribution in [0.2, 0.25) is 0 Å². The van der Waals surface area contributed by atoms with E-state index in [4.69, 9.17) is 14.0 Å². The molecule has 0 amide bonds. The summed E-state index contributed by atoms with van der Waals surface area (Å²) in [6.45, 7) is 3.54. The average molecular weight is 425 g/mol. The number of hydrogen-bond acceptors (Lipinski definition) is 7. The van der Waals surface area contributed by atoms with Crippen LogP contribution in [0.1, 0.15) is 38.1 Å². The van der Waals surface area contributed by atoms with Crippen LogP contribution >= 0.6 is 0 Å². The van der Waals surface area contributed by atoms with Gasteiger partial charge in [0, 0.05) is 19.0 Å². The molecular formula is C20H28N2O6S. The standard InChI is InChI=1S/C20H28N2O6S/c1-14(2)29(24,25)21-12-20-19(23)9-8-17(27-20)10-15-11-18(28-22-15)13-26-16-6-4-3-5-7-16/h3-7,11,14,17,19-21,23H,8-10,12-13H2,1-2H3. The number of rotatable bonds is 9. The zero-order valence-electron chi connectivity index (χ0n) is 16.7. The fourth-order valence-corrected chi connectivity index (χ4v) is 3.80. The molecule has 3 atom stereocenters. The lowest BCUT2D eigenvalue weighted by molar-refractivity contribution is -0.113. The first-order chi connectivity index (χ1) is 13.8. The second-order valence-electron chi connectivity index (χ2n) is 7.47. The van der Waals surface area contributed by atoms with Crippen molar-refractivity contribution in [3.05, 3.63) is 47.9 Å². The molecule has 2 heterocycles. The molecule has 0 bridgehead atoms. The molecule has 0 spiro atoms. The Morgan fingerprint density at radius 2 is 2.03 bits per heavy atom. The number of hydrogen-bond donors (Lipinski definition) is 2. The third-order valence-electron chi connectivity index (χ3n) is 4.86. The first-order valence-electron chi connectivity index (χ1n) is 9.78. The predicted octanol–water partition coefficient (Wildman–Crippen LogP) is 2.03. The van der Waals surface area contributed by atoms with Gasteiger partial charge in [0.2, 0.25) is 10.0 Å². The number of aromatic nitrogens is 1. The van der Waals surface area contributed by atoms with E-state index in [-0.39, 0.29) is 19.3 Å². The Balaban J connectivity index is 1.50. The summed E-state index contributed by atoms with van der Waals surface area (Å²) < 4.78 is 43.3. The van der Waals surface area contributed by atoms with Crippen LogP contribution in [0.4, 0.5) is 0 Å². The Morgan fingerprint density at radius 1 is 1.28 bits per heavy atom. The highest BCUT2D eigenvalue weighted by atomic mass is 32.2. The average Bonchev–Trinajstić information content (AvgIpc) is 3.15. The normalized spacial score (nSPS) is 22.7. The fourth-order valence-electron chi connectivity index (χ4n) is 3.07. The highest BCUT2D eigenvalue weighted by molar-refractivity contribution is 7.90. The van der Waals surface area contributed by atoms with Crippen molar-refractivity contribution < 1.29 is 27.5 Å². The molecule has 1 aliphatic rings. The topological polar surface area (TPSA) is 111 Å². The third kappa shape index (κ3) is 6.27. The Labute approximate surface area is 171 Å². The van der Waals surface area contributed by atoms with E-state index in [1.165, 1.54) is 0 Å². The van der Waals surface area contributed by atoms with Gasteiger partial charge in [-0.25, -0.2) is 13.1 Å². The maximum absolute atomic E-state index is 11.9. The number of nitrogens with one attached hydrogen (secondary N) is 1. The maximum atomic E-state index is 11.9. The first-order valence-corrected chi connectivity index (χ1v) is 11.3. The van der Waals surface area contributed by atoms with Crippen LogP contribution in [0, 0.1) is 0 Å². The van der Waals surface area contributed by atoms with Crippen molar-refractivity contribution in [1.29, 1.82) is 0 Å². The van der Waals surface area contributed by atoms with E-state index in [1.54, 1.807) is 13.8 Å². The molecule has 1 fully saturated rings. The van der Waals surface area contributed by atoms with Gasteiger partial charge in [-0.1, -0.05) is 23.4 Å². The fraction of sp³-hybridized carbons (Fsp3) is 0.550. The zero-order valence-corrected chi connectivity index (χ0v) is 17.5. The van der Waals surface area contributed by atoms with Gasteiger partial charge in [-0.2, -0.15) is 0 Å². The molecular weight excluding hydrogens is 396 g/mol. The van der Waals surface area contributed by atoms with Crippen molar-refractivity contribution in [3.63, 3.8) is 0 Å². The van der Waals surface area contributed by atoms with Gasteiger partial charge in [0.25, 0.3) is 0 Å². The second kappa shape index (κ2) is 9.71. The quantitative estimate of drug-likeness (QED) is 0.634. The Bertz CT molecular complexity index is 868. The third-order valence-corrected chi connectivity index (χ3v) is 6.67. The Hall–Kier alpha value is -1.94. The number of benzene rings is 1. The molecule has 29 heavy (non-hydrogen) atoms. The van der Waals surface area contributed by atoms with E-state index < -0.39 is 27.5 Å². The van der Waals surface area contributed by atoms with Gasteiger partial charge in [-0.05, 0) is 38.8 Å². The molecule has 9 heteroatoms. The molecule has 1 aliphatic heterocycles. The summed E-state index contributed by atoms with van der Waals surface area (Å²) in [6.07, 6.45) is 0.274. The second-order valence-corrected chi connectivity index (χ2v) is 9.80. The molecule has 3 rings (SSSR count). The molecule has 2 aromatic rings. The Morgan fingerprint density at radius 3 is 2.76 bits per heavy atom.